The summed E-state index contributed by atoms with van der Waals surface area (Å²) < 4.78 is 0. The Balaban J connectivity index is 1.78. The number of carbonyl (C=O) groups excluding carboxylic acids is 2. The topological polar surface area (TPSA) is 86.7 Å². The first-order valence-electron chi connectivity index (χ1n) is 7.76. The highest BCUT2D eigenvalue weighted by molar-refractivity contribution is 5.89. The molecule has 2 aliphatic rings. The molecule has 21 heavy (non-hydrogen) atoms. The van der Waals surface area contributed by atoms with E-state index in [0.717, 1.165) is 25.7 Å². The van der Waals surface area contributed by atoms with E-state index in [1.54, 1.807) is 6.92 Å². The SMILES string of the molecule is CC(CNC(=O)C1CC(=O)N(C2CCCC2)C1)CC(=O)O. The largest absolute Gasteiger partial charge is 0.481 e. The van der Waals surface area contributed by atoms with Gasteiger partial charge in [-0.1, -0.05) is 19.8 Å². The van der Waals surface area contributed by atoms with Crippen LogP contribution >= 0.6 is 0 Å². The molecule has 0 aromatic heterocycles. The van der Waals surface area contributed by atoms with Gasteiger partial charge in [-0.15, -0.1) is 0 Å². The van der Waals surface area contributed by atoms with Crippen LogP contribution in [0.2, 0.25) is 0 Å². The highest BCUT2D eigenvalue weighted by Gasteiger charge is 2.38. The lowest BCUT2D eigenvalue weighted by atomic mass is 10.1. The Bertz CT molecular complexity index is 418. The lowest BCUT2D eigenvalue weighted by Gasteiger charge is -2.24. The Kier molecular flexibility index (Phi) is 5.20. The normalized spacial score (nSPS) is 24.3. The monoisotopic (exact) mass is 296 g/mol. The van der Waals surface area contributed by atoms with Crippen molar-refractivity contribution >= 4 is 17.8 Å². The molecular weight excluding hydrogens is 272 g/mol. The molecule has 0 aromatic rings. The summed E-state index contributed by atoms with van der Waals surface area (Å²) in [5.74, 6) is -1.29. The molecule has 0 aromatic carbocycles. The minimum absolute atomic E-state index is 0.0398. The first kappa shape index (κ1) is 15.8. The van der Waals surface area contributed by atoms with E-state index >= 15 is 0 Å². The minimum Gasteiger partial charge on any atom is -0.481 e. The average molecular weight is 296 g/mol. The summed E-state index contributed by atoms with van der Waals surface area (Å²) in [4.78, 5) is 36.6. The molecule has 1 heterocycles. The van der Waals surface area contributed by atoms with Gasteiger partial charge in [-0.05, 0) is 18.8 Å². The van der Waals surface area contributed by atoms with Crippen molar-refractivity contribution in [3.05, 3.63) is 0 Å². The Morgan fingerprint density at radius 1 is 1.38 bits per heavy atom. The second-order valence-corrected chi connectivity index (χ2v) is 6.33. The van der Waals surface area contributed by atoms with Crippen LogP contribution in [0.15, 0.2) is 0 Å². The van der Waals surface area contributed by atoms with Crippen LogP contribution in [0.5, 0.6) is 0 Å². The van der Waals surface area contributed by atoms with Gasteiger partial charge in [-0.25, -0.2) is 0 Å². The van der Waals surface area contributed by atoms with Crippen molar-refractivity contribution in [3.8, 4) is 0 Å². The van der Waals surface area contributed by atoms with Crippen molar-refractivity contribution in [2.45, 2.75) is 51.5 Å². The zero-order valence-electron chi connectivity index (χ0n) is 12.5. The third-order valence-corrected chi connectivity index (χ3v) is 4.44. The molecule has 118 valence electrons. The van der Waals surface area contributed by atoms with E-state index in [-0.39, 0.29) is 36.5 Å². The molecule has 6 heteroatoms. The minimum atomic E-state index is -0.861. The van der Waals surface area contributed by atoms with Crippen molar-refractivity contribution in [1.82, 2.24) is 10.2 Å². The van der Waals surface area contributed by atoms with Gasteiger partial charge in [0.2, 0.25) is 11.8 Å². The predicted octanol–water partition coefficient (Wildman–Crippen LogP) is 1.00. The van der Waals surface area contributed by atoms with E-state index in [0.29, 0.717) is 19.1 Å². The molecule has 1 saturated heterocycles. The maximum atomic E-state index is 12.1. The molecule has 0 radical (unpaired) electrons. The Hall–Kier alpha value is -1.59. The zero-order valence-corrected chi connectivity index (χ0v) is 12.5. The van der Waals surface area contributed by atoms with Gasteiger partial charge in [0.05, 0.1) is 5.92 Å². The van der Waals surface area contributed by atoms with E-state index in [2.05, 4.69) is 5.32 Å². The number of carbonyl (C=O) groups is 3. The maximum absolute atomic E-state index is 12.1. The van der Waals surface area contributed by atoms with Gasteiger partial charge in [0.1, 0.15) is 0 Å². The third-order valence-electron chi connectivity index (χ3n) is 4.44. The fourth-order valence-electron chi connectivity index (χ4n) is 3.27. The summed E-state index contributed by atoms with van der Waals surface area (Å²) in [6.45, 7) is 2.65. The lowest BCUT2D eigenvalue weighted by Crippen LogP contribution is -2.38. The van der Waals surface area contributed by atoms with Gasteiger partial charge in [-0.3, -0.25) is 14.4 Å². The van der Waals surface area contributed by atoms with Crippen LogP contribution < -0.4 is 5.32 Å². The molecular formula is C15H24N2O4. The van der Waals surface area contributed by atoms with E-state index in [1.807, 2.05) is 4.90 Å². The number of nitrogens with zero attached hydrogens (tertiary/aromatic N) is 1. The highest BCUT2D eigenvalue weighted by Crippen LogP contribution is 2.29. The molecule has 2 rings (SSSR count). The fraction of sp³-hybridized carbons (Fsp3) is 0.800. The van der Waals surface area contributed by atoms with Crippen molar-refractivity contribution in [2.24, 2.45) is 11.8 Å². The average Bonchev–Trinajstić information content (AvgIpc) is 3.03. The van der Waals surface area contributed by atoms with Gasteiger partial charge in [0.25, 0.3) is 0 Å². The number of hydrogen-bond acceptors (Lipinski definition) is 3. The molecule has 2 atom stereocenters. The van der Waals surface area contributed by atoms with Crippen LogP contribution in [0.3, 0.4) is 0 Å². The molecule has 2 fully saturated rings. The van der Waals surface area contributed by atoms with E-state index in [4.69, 9.17) is 5.11 Å². The fourth-order valence-corrected chi connectivity index (χ4v) is 3.27. The summed E-state index contributed by atoms with van der Waals surface area (Å²) in [6, 6.07) is 0.321. The number of hydrogen-bond donors (Lipinski definition) is 2. The number of likely N-dealkylation sites (tertiary alicyclic amines) is 1. The van der Waals surface area contributed by atoms with E-state index < -0.39 is 5.97 Å². The van der Waals surface area contributed by atoms with Crippen LogP contribution in [-0.4, -0.2) is 46.9 Å². The van der Waals surface area contributed by atoms with Gasteiger partial charge >= 0.3 is 5.97 Å². The van der Waals surface area contributed by atoms with Crippen LogP contribution in [0.25, 0.3) is 0 Å². The van der Waals surface area contributed by atoms with Gasteiger partial charge in [0, 0.05) is 32.0 Å². The quantitative estimate of drug-likeness (QED) is 0.765. The van der Waals surface area contributed by atoms with Crippen LogP contribution in [0.4, 0.5) is 0 Å². The molecule has 0 spiro atoms. The summed E-state index contributed by atoms with van der Waals surface area (Å²) >= 11 is 0. The van der Waals surface area contributed by atoms with Crippen LogP contribution in [-0.2, 0) is 14.4 Å². The molecule has 0 bridgehead atoms. The standard InChI is InChI=1S/C15H24N2O4/c1-10(6-14(19)20)8-16-15(21)11-7-13(18)17(9-11)12-4-2-3-5-12/h10-12H,2-9H2,1H3,(H,16,21)(H,19,20). The first-order valence-corrected chi connectivity index (χ1v) is 7.76. The second-order valence-electron chi connectivity index (χ2n) is 6.33. The number of nitrogens with one attached hydrogen (secondary N) is 1. The molecule has 2 unspecified atom stereocenters. The van der Waals surface area contributed by atoms with Crippen molar-refractivity contribution in [2.75, 3.05) is 13.1 Å². The number of carboxylic acids is 1. The summed E-state index contributed by atoms with van der Waals surface area (Å²) in [7, 11) is 0. The highest BCUT2D eigenvalue weighted by atomic mass is 16.4. The molecule has 2 N–H and O–H groups in total. The van der Waals surface area contributed by atoms with Crippen LogP contribution in [0, 0.1) is 11.8 Å². The second kappa shape index (κ2) is 6.91. The molecule has 6 nitrogen and oxygen atoms in total. The van der Waals surface area contributed by atoms with Crippen molar-refractivity contribution in [3.63, 3.8) is 0 Å². The van der Waals surface area contributed by atoms with Crippen molar-refractivity contribution in [1.29, 1.82) is 0 Å². The summed E-state index contributed by atoms with van der Waals surface area (Å²) in [5, 5.41) is 11.5. The Morgan fingerprint density at radius 3 is 2.67 bits per heavy atom. The first-order chi connectivity index (χ1) is 9.97. The number of aliphatic carboxylic acids is 1. The van der Waals surface area contributed by atoms with Gasteiger partial charge in [0.15, 0.2) is 0 Å². The third kappa shape index (κ3) is 4.19. The molecule has 2 amide bonds. The van der Waals surface area contributed by atoms with Gasteiger partial charge < -0.3 is 15.3 Å². The number of amides is 2. The number of carboxylic acid groups (broad SMARTS) is 1. The summed E-state index contributed by atoms with van der Waals surface area (Å²) in [5.41, 5.74) is 0. The van der Waals surface area contributed by atoms with E-state index in [9.17, 15) is 14.4 Å². The zero-order chi connectivity index (χ0) is 15.4. The molecule has 1 aliphatic heterocycles. The number of rotatable bonds is 6. The summed E-state index contributed by atoms with van der Waals surface area (Å²) in [6.07, 6.45) is 4.76. The Labute approximate surface area is 124 Å². The van der Waals surface area contributed by atoms with Gasteiger partial charge in [-0.2, -0.15) is 0 Å². The van der Waals surface area contributed by atoms with Crippen LogP contribution in [0.1, 0.15) is 45.4 Å². The Morgan fingerprint density at radius 2 is 2.05 bits per heavy atom. The van der Waals surface area contributed by atoms with E-state index in [1.165, 1.54) is 0 Å². The lowest BCUT2D eigenvalue weighted by molar-refractivity contribution is -0.138. The molecule has 1 aliphatic carbocycles. The maximum Gasteiger partial charge on any atom is 0.303 e. The smallest absolute Gasteiger partial charge is 0.303 e. The predicted molar refractivity (Wildman–Crippen MR) is 76.5 cm³/mol. The van der Waals surface area contributed by atoms with Crippen molar-refractivity contribution < 1.29 is 19.5 Å². The molecule has 1 saturated carbocycles.